The Hall–Kier alpha value is -1.99. The third kappa shape index (κ3) is 3.01. The lowest BCUT2D eigenvalue weighted by Crippen LogP contribution is -2.61. The summed E-state index contributed by atoms with van der Waals surface area (Å²) in [6, 6.07) is 4.38. The van der Waals surface area contributed by atoms with Crippen LogP contribution in [0, 0.1) is 5.82 Å². The molecule has 1 fully saturated rings. The molecule has 1 aliphatic rings. The minimum atomic E-state index is -0.587. The Balaban J connectivity index is 1.79. The third-order valence-electron chi connectivity index (χ3n) is 4.43. The number of hydrogen-bond acceptors (Lipinski definition) is 4. The van der Waals surface area contributed by atoms with Crippen LogP contribution in [0.2, 0.25) is 5.02 Å². The molecule has 1 aliphatic heterocycles. The zero-order chi connectivity index (χ0) is 17.5. The van der Waals surface area contributed by atoms with Crippen molar-refractivity contribution in [3.05, 3.63) is 40.9 Å². The van der Waals surface area contributed by atoms with E-state index in [-0.39, 0.29) is 10.9 Å². The highest BCUT2D eigenvalue weighted by molar-refractivity contribution is 6.30. The first-order valence-electron chi connectivity index (χ1n) is 7.66. The van der Waals surface area contributed by atoms with Gasteiger partial charge >= 0.3 is 0 Å². The molecule has 0 unspecified atom stereocenters. The number of nitrogens with zero attached hydrogens (tertiary/aromatic N) is 5. The number of halogens is 2. The van der Waals surface area contributed by atoms with E-state index in [2.05, 4.69) is 15.2 Å². The molecular formula is C16H19ClFN5O. The van der Waals surface area contributed by atoms with E-state index in [1.165, 1.54) is 12.1 Å². The smallest absolute Gasteiger partial charge is 0.242 e. The molecule has 6 nitrogen and oxygen atoms in total. The molecule has 2 aromatic rings. The van der Waals surface area contributed by atoms with Crippen LogP contribution >= 0.6 is 11.6 Å². The molecule has 1 aromatic heterocycles. The van der Waals surface area contributed by atoms with Crippen molar-refractivity contribution in [2.24, 2.45) is 0 Å². The zero-order valence-corrected chi connectivity index (χ0v) is 14.6. The molecule has 0 bridgehead atoms. The molecule has 0 N–H and O–H groups in total. The molecule has 0 spiro atoms. The molecule has 0 atom stereocenters. The van der Waals surface area contributed by atoms with Gasteiger partial charge in [-0.05, 0) is 32.0 Å². The highest BCUT2D eigenvalue weighted by Gasteiger charge is 2.40. The predicted molar refractivity (Wildman–Crippen MR) is 88.5 cm³/mol. The Morgan fingerprint density at radius 2 is 2.08 bits per heavy atom. The molecule has 128 valence electrons. The molecule has 0 radical (unpaired) electrons. The van der Waals surface area contributed by atoms with Crippen LogP contribution in [0.15, 0.2) is 24.4 Å². The summed E-state index contributed by atoms with van der Waals surface area (Å²) in [7, 11) is 1.82. The van der Waals surface area contributed by atoms with Crippen LogP contribution in [-0.2, 0) is 11.3 Å². The van der Waals surface area contributed by atoms with Crippen molar-refractivity contribution in [3.8, 4) is 5.69 Å². The summed E-state index contributed by atoms with van der Waals surface area (Å²) in [6.45, 7) is 5.79. The van der Waals surface area contributed by atoms with Gasteiger partial charge in [-0.1, -0.05) is 16.8 Å². The molecule has 0 saturated carbocycles. The topological polar surface area (TPSA) is 54.3 Å². The number of carbonyl (C=O) groups is 1. The second-order valence-corrected chi connectivity index (χ2v) is 6.87. The van der Waals surface area contributed by atoms with Crippen molar-refractivity contribution in [2.45, 2.75) is 25.9 Å². The second-order valence-electron chi connectivity index (χ2n) is 6.46. The second kappa shape index (κ2) is 6.14. The molecule has 8 heteroatoms. The number of piperazine rings is 1. The molecule has 3 rings (SSSR count). The van der Waals surface area contributed by atoms with Gasteiger partial charge in [0.25, 0.3) is 0 Å². The van der Waals surface area contributed by atoms with E-state index < -0.39 is 11.4 Å². The number of likely N-dealkylation sites (N-methyl/N-ethyl adjacent to an activating group) is 1. The van der Waals surface area contributed by atoms with Gasteiger partial charge in [0.1, 0.15) is 5.82 Å². The summed E-state index contributed by atoms with van der Waals surface area (Å²) in [6.07, 6.45) is 1.77. The van der Waals surface area contributed by atoms with Crippen LogP contribution in [-0.4, -0.2) is 56.4 Å². The number of benzene rings is 1. The van der Waals surface area contributed by atoms with E-state index in [0.29, 0.717) is 18.8 Å². The SMILES string of the molecule is CN1CCN(Cc2cn(-c3ccc(F)c(Cl)c3)nn2)C(C)(C)C1=O. The fourth-order valence-electron chi connectivity index (χ4n) is 2.85. The van der Waals surface area contributed by atoms with Crippen molar-refractivity contribution in [3.63, 3.8) is 0 Å². The van der Waals surface area contributed by atoms with Gasteiger partial charge in [-0.3, -0.25) is 9.69 Å². The lowest BCUT2D eigenvalue weighted by atomic mass is 9.97. The van der Waals surface area contributed by atoms with Crippen LogP contribution in [0.1, 0.15) is 19.5 Å². The summed E-state index contributed by atoms with van der Waals surface area (Å²) in [5.74, 6) is -0.384. The predicted octanol–water partition coefficient (Wildman–Crippen LogP) is 2.11. The maximum atomic E-state index is 13.3. The van der Waals surface area contributed by atoms with E-state index in [1.807, 2.05) is 20.9 Å². The summed E-state index contributed by atoms with van der Waals surface area (Å²) in [4.78, 5) is 16.2. The Labute approximate surface area is 144 Å². The van der Waals surface area contributed by atoms with E-state index in [0.717, 1.165) is 12.2 Å². The fourth-order valence-corrected chi connectivity index (χ4v) is 3.03. The van der Waals surface area contributed by atoms with Gasteiger partial charge in [0.05, 0.1) is 28.1 Å². The number of carbonyl (C=O) groups excluding carboxylic acids is 1. The minimum Gasteiger partial charge on any atom is -0.343 e. The summed E-state index contributed by atoms with van der Waals surface area (Å²) in [5, 5.41) is 8.26. The maximum Gasteiger partial charge on any atom is 0.242 e. The number of hydrogen-bond donors (Lipinski definition) is 0. The van der Waals surface area contributed by atoms with Gasteiger partial charge in [0, 0.05) is 26.7 Å². The average molecular weight is 352 g/mol. The van der Waals surface area contributed by atoms with Gasteiger partial charge in [-0.25, -0.2) is 9.07 Å². The van der Waals surface area contributed by atoms with E-state index in [4.69, 9.17) is 11.6 Å². The normalized spacial score (nSPS) is 18.2. The first-order valence-corrected chi connectivity index (χ1v) is 8.04. The Morgan fingerprint density at radius 1 is 1.33 bits per heavy atom. The number of amides is 1. The third-order valence-corrected chi connectivity index (χ3v) is 4.72. The van der Waals surface area contributed by atoms with Crippen molar-refractivity contribution < 1.29 is 9.18 Å². The Bertz CT molecular complexity index is 776. The van der Waals surface area contributed by atoms with Crippen LogP contribution in [0.4, 0.5) is 4.39 Å². The van der Waals surface area contributed by atoms with Crippen molar-refractivity contribution >= 4 is 17.5 Å². The minimum absolute atomic E-state index is 0.0374. The Morgan fingerprint density at radius 3 is 2.79 bits per heavy atom. The Kier molecular flexibility index (Phi) is 4.31. The van der Waals surface area contributed by atoms with Gasteiger partial charge in [-0.15, -0.1) is 5.10 Å². The summed E-state index contributed by atoms with van der Waals surface area (Å²) >= 11 is 5.81. The molecule has 1 saturated heterocycles. The first kappa shape index (κ1) is 16.9. The van der Waals surface area contributed by atoms with Gasteiger partial charge < -0.3 is 4.90 Å². The van der Waals surface area contributed by atoms with Gasteiger partial charge in [-0.2, -0.15) is 0 Å². The van der Waals surface area contributed by atoms with Crippen molar-refractivity contribution in [1.29, 1.82) is 0 Å². The molecular weight excluding hydrogens is 333 g/mol. The van der Waals surface area contributed by atoms with Gasteiger partial charge in [0.2, 0.25) is 5.91 Å². The molecule has 2 heterocycles. The van der Waals surface area contributed by atoms with Crippen LogP contribution in [0.3, 0.4) is 0 Å². The molecule has 1 amide bonds. The van der Waals surface area contributed by atoms with Crippen molar-refractivity contribution in [1.82, 2.24) is 24.8 Å². The zero-order valence-electron chi connectivity index (χ0n) is 13.8. The standard InChI is InChI=1S/C16H19ClFN5O/c1-16(2)15(24)21(3)6-7-22(16)9-11-10-23(20-19-11)12-4-5-14(18)13(17)8-12/h4-5,8,10H,6-7,9H2,1-3H3. The summed E-state index contributed by atoms with van der Waals surface area (Å²) < 4.78 is 14.8. The first-order chi connectivity index (χ1) is 11.3. The summed E-state index contributed by atoms with van der Waals surface area (Å²) in [5.41, 5.74) is 0.783. The quantitative estimate of drug-likeness (QED) is 0.850. The largest absolute Gasteiger partial charge is 0.343 e. The average Bonchev–Trinajstić information content (AvgIpc) is 3.00. The van der Waals surface area contributed by atoms with Gasteiger partial charge in [0.15, 0.2) is 0 Å². The van der Waals surface area contributed by atoms with Crippen LogP contribution < -0.4 is 0 Å². The van der Waals surface area contributed by atoms with E-state index >= 15 is 0 Å². The van der Waals surface area contributed by atoms with E-state index in [9.17, 15) is 9.18 Å². The van der Waals surface area contributed by atoms with Crippen molar-refractivity contribution in [2.75, 3.05) is 20.1 Å². The maximum absolute atomic E-state index is 13.3. The van der Waals surface area contributed by atoms with Crippen LogP contribution in [0.5, 0.6) is 0 Å². The highest BCUT2D eigenvalue weighted by Crippen LogP contribution is 2.24. The van der Waals surface area contributed by atoms with Crippen LogP contribution in [0.25, 0.3) is 5.69 Å². The lowest BCUT2D eigenvalue weighted by molar-refractivity contribution is -0.147. The lowest BCUT2D eigenvalue weighted by Gasteiger charge is -2.44. The number of rotatable bonds is 3. The highest BCUT2D eigenvalue weighted by atomic mass is 35.5. The molecule has 1 aromatic carbocycles. The number of aromatic nitrogens is 3. The van der Waals surface area contributed by atoms with E-state index in [1.54, 1.807) is 21.8 Å². The molecule has 24 heavy (non-hydrogen) atoms. The fraction of sp³-hybridized carbons (Fsp3) is 0.438. The molecule has 0 aliphatic carbocycles. The monoisotopic (exact) mass is 351 g/mol.